The summed E-state index contributed by atoms with van der Waals surface area (Å²) >= 11 is 0. The van der Waals surface area contributed by atoms with Crippen LogP contribution in [-0.2, 0) is 9.30 Å². The van der Waals surface area contributed by atoms with E-state index >= 15 is 0 Å². The minimum atomic E-state index is -4.73. The number of hydrogen-bond donors (Lipinski definition) is 6. The van der Waals surface area contributed by atoms with Crippen LogP contribution in [0.25, 0.3) is 0 Å². The van der Waals surface area contributed by atoms with Crippen molar-refractivity contribution in [3.05, 3.63) is 0 Å². The van der Waals surface area contributed by atoms with Gasteiger partial charge >= 0.3 is 0 Å². The largest absolute Gasteiger partial charge is 0.811 e. The number of ether oxygens (including phenoxy) is 1. The fourth-order valence-electron chi connectivity index (χ4n) is 1.45. The Hall–Kier alpha value is -0.130. The zero-order valence-corrected chi connectivity index (χ0v) is 11.1. The van der Waals surface area contributed by atoms with Crippen LogP contribution in [0.15, 0.2) is 0 Å². The van der Waals surface area contributed by atoms with E-state index in [-0.39, 0.29) is 18.7 Å². The van der Waals surface area contributed by atoms with Crippen molar-refractivity contribution in [3.63, 3.8) is 0 Å². The van der Waals surface area contributed by atoms with Crippen molar-refractivity contribution in [2.75, 3.05) is 6.16 Å². The lowest BCUT2D eigenvalue weighted by Crippen LogP contribution is -2.57. The van der Waals surface area contributed by atoms with E-state index in [2.05, 4.69) is 4.74 Å². The summed E-state index contributed by atoms with van der Waals surface area (Å²) in [7, 11) is -4.73. The molecule has 10 nitrogen and oxygen atoms in total. The molecule has 1 aliphatic heterocycles. The van der Waals surface area contributed by atoms with Gasteiger partial charge in [-0.25, -0.2) is 0 Å². The first-order chi connectivity index (χ1) is 7.22. The monoisotopic (exact) mass is 292 g/mol. The molecule has 12 N–H and O–H groups in total. The minimum absolute atomic E-state index is 0. The third-order valence-electron chi connectivity index (χ3n) is 2.37. The van der Waals surface area contributed by atoms with E-state index in [0.717, 1.165) is 0 Å². The highest BCUT2D eigenvalue weighted by atomic mass is 31.2. The standard InChI is InChI=1S/C7H15O8P.2H3N/c8-4-3(1-2-16(12,13)14)15-7(11)6(10)5(4)9;;/h3-11H,1-2H2,(H2,12,13,14);2*1H3/t3-,4-,5+,6-,7?;;/m1../s1. The first kappa shape index (κ1) is 20.2. The quantitative estimate of drug-likeness (QED) is 0.290. The molecule has 0 amide bonds. The van der Waals surface area contributed by atoms with E-state index in [4.69, 9.17) is 10.2 Å². The van der Waals surface area contributed by atoms with Crippen molar-refractivity contribution in [2.24, 2.45) is 0 Å². The van der Waals surface area contributed by atoms with E-state index in [0.29, 0.717) is 0 Å². The second-order valence-corrected chi connectivity index (χ2v) is 5.33. The molecule has 1 saturated heterocycles. The van der Waals surface area contributed by atoms with Gasteiger partial charge in [0, 0.05) is 0 Å². The molecular weight excluding hydrogens is 271 g/mol. The maximum Gasteiger partial charge on any atom is 0.183 e. The summed E-state index contributed by atoms with van der Waals surface area (Å²) in [6.07, 6.45) is -8.91. The minimum Gasteiger partial charge on any atom is -0.811 e. The highest BCUT2D eigenvalue weighted by Gasteiger charge is 2.42. The van der Waals surface area contributed by atoms with Crippen molar-refractivity contribution in [1.29, 1.82) is 0 Å². The Labute approximate surface area is 104 Å². The van der Waals surface area contributed by atoms with E-state index in [1.54, 1.807) is 0 Å². The van der Waals surface area contributed by atoms with Gasteiger partial charge in [0.25, 0.3) is 0 Å². The van der Waals surface area contributed by atoms with E-state index < -0.39 is 44.5 Å². The second-order valence-electron chi connectivity index (χ2n) is 3.66. The van der Waals surface area contributed by atoms with E-state index in [1.165, 1.54) is 0 Å². The van der Waals surface area contributed by atoms with Gasteiger partial charge in [-0.2, -0.15) is 0 Å². The molecule has 1 heterocycles. The smallest absolute Gasteiger partial charge is 0.183 e. The van der Waals surface area contributed by atoms with Crippen LogP contribution in [0.4, 0.5) is 0 Å². The van der Waals surface area contributed by atoms with Gasteiger partial charge in [0.1, 0.15) is 18.3 Å². The van der Waals surface area contributed by atoms with Crippen LogP contribution in [0.3, 0.4) is 0 Å². The molecule has 0 saturated carbocycles. The molecular formula is C7H21N2O8P. The van der Waals surface area contributed by atoms with Crippen molar-refractivity contribution in [3.8, 4) is 0 Å². The maximum absolute atomic E-state index is 10.4. The van der Waals surface area contributed by atoms with Crippen molar-refractivity contribution in [1.82, 2.24) is 12.3 Å². The number of rotatable bonds is 3. The van der Waals surface area contributed by atoms with Crippen molar-refractivity contribution >= 4 is 7.60 Å². The van der Waals surface area contributed by atoms with E-state index in [1.807, 2.05) is 0 Å². The SMILES string of the molecule is O=P([O-])([O-])CC[C@H]1OC(O)[C@H](O)[C@@H](O)[C@@H]1O.[NH4+].[NH4+]. The van der Waals surface area contributed by atoms with Crippen LogP contribution in [0.1, 0.15) is 6.42 Å². The molecule has 0 radical (unpaired) electrons. The van der Waals surface area contributed by atoms with Gasteiger partial charge in [0.15, 0.2) is 6.29 Å². The van der Waals surface area contributed by atoms with Gasteiger partial charge in [0.05, 0.1) is 6.10 Å². The summed E-state index contributed by atoms with van der Waals surface area (Å²) in [5.41, 5.74) is 0. The van der Waals surface area contributed by atoms with Crippen molar-refractivity contribution in [2.45, 2.75) is 37.1 Å². The van der Waals surface area contributed by atoms with Crippen LogP contribution in [0.5, 0.6) is 0 Å². The molecule has 1 unspecified atom stereocenters. The average Bonchev–Trinajstić information content (AvgIpc) is 2.17. The molecule has 0 aromatic rings. The normalized spacial score (nSPS) is 36.4. The average molecular weight is 292 g/mol. The zero-order chi connectivity index (χ0) is 12.5. The highest BCUT2D eigenvalue weighted by Crippen LogP contribution is 2.29. The number of aliphatic hydroxyl groups is 4. The lowest BCUT2D eigenvalue weighted by molar-refractivity contribution is -0.315. The van der Waals surface area contributed by atoms with Crippen LogP contribution in [0, 0.1) is 0 Å². The maximum atomic E-state index is 10.4. The van der Waals surface area contributed by atoms with Gasteiger partial charge in [-0.15, -0.1) is 0 Å². The first-order valence-electron chi connectivity index (χ1n) is 4.61. The molecule has 1 fully saturated rings. The summed E-state index contributed by atoms with van der Waals surface area (Å²) in [6.45, 7) is 0. The molecule has 0 aromatic carbocycles. The van der Waals surface area contributed by atoms with Gasteiger partial charge in [0.2, 0.25) is 0 Å². The number of quaternary nitrogens is 2. The van der Waals surface area contributed by atoms with Crippen LogP contribution < -0.4 is 22.1 Å². The Kier molecular flexibility index (Phi) is 8.37. The summed E-state index contributed by atoms with van der Waals surface area (Å²) in [6, 6.07) is 0. The molecule has 0 spiro atoms. The Morgan fingerprint density at radius 3 is 1.94 bits per heavy atom. The Morgan fingerprint density at radius 1 is 1.00 bits per heavy atom. The molecule has 5 atom stereocenters. The number of aliphatic hydroxyl groups excluding tert-OH is 4. The van der Waals surface area contributed by atoms with Gasteiger partial charge in [-0.3, -0.25) is 0 Å². The molecule has 0 aliphatic carbocycles. The summed E-state index contributed by atoms with van der Waals surface area (Å²) in [5.74, 6) is 0. The molecule has 0 bridgehead atoms. The fraction of sp³-hybridized carbons (Fsp3) is 1.00. The predicted octanol–water partition coefficient (Wildman–Crippen LogP) is -3.16. The number of hydrogen-bond acceptors (Lipinski definition) is 8. The second kappa shape index (κ2) is 7.46. The highest BCUT2D eigenvalue weighted by molar-refractivity contribution is 7.48. The zero-order valence-electron chi connectivity index (χ0n) is 10.2. The molecule has 0 aromatic heterocycles. The van der Waals surface area contributed by atoms with Crippen molar-refractivity contribution < 1.29 is 39.5 Å². The summed E-state index contributed by atoms with van der Waals surface area (Å²) in [5, 5.41) is 36.8. The summed E-state index contributed by atoms with van der Waals surface area (Å²) < 4.78 is 15.0. The predicted molar refractivity (Wildman–Crippen MR) is 58.0 cm³/mol. The van der Waals surface area contributed by atoms with Gasteiger partial charge < -0.3 is 51.8 Å². The Morgan fingerprint density at radius 2 is 1.50 bits per heavy atom. The third-order valence-corrected chi connectivity index (χ3v) is 3.18. The van der Waals surface area contributed by atoms with E-state index in [9.17, 15) is 24.6 Å². The topological polar surface area (TPSA) is 226 Å². The van der Waals surface area contributed by atoms with Crippen LogP contribution >= 0.6 is 7.60 Å². The summed E-state index contributed by atoms with van der Waals surface area (Å²) in [4.78, 5) is 20.7. The lowest BCUT2D eigenvalue weighted by Gasteiger charge is -2.40. The first-order valence-corrected chi connectivity index (χ1v) is 6.34. The fourth-order valence-corrected chi connectivity index (χ4v) is 2.03. The van der Waals surface area contributed by atoms with Gasteiger partial charge in [-0.1, -0.05) is 7.60 Å². The Bertz CT molecular complexity index is 287. The molecule has 18 heavy (non-hydrogen) atoms. The van der Waals surface area contributed by atoms with Crippen LogP contribution in [-0.4, -0.2) is 57.3 Å². The molecule has 11 heteroatoms. The van der Waals surface area contributed by atoms with Crippen LogP contribution in [0.2, 0.25) is 0 Å². The third kappa shape index (κ3) is 5.24. The van der Waals surface area contributed by atoms with Gasteiger partial charge in [-0.05, 0) is 12.6 Å². The molecule has 112 valence electrons. The lowest BCUT2D eigenvalue weighted by atomic mass is 9.97. The Balaban J connectivity index is 0. The molecule has 1 rings (SSSR count). The molecule has 1 aliphatic rings.